The molecule has 0 saturated heterocycles. The molecule has 3 nitrogen and oxygen atoms in total. The molecule has 0 bridgehead atoms. The Morgan fingerprint density at radius 2 is 2.31 bits per heavy atom. The van der Waals surface area contributed by atoms with Crippen molar-refractivity contribution in [3.8, 4) is 0 Å². The third kappa shape index (κ3) is 2.36. The van der Waals surface area contributed by atoms with E-state index in [1.54, 1.807) is 24.9 Å². The van der Waals surface area contributed by atoms with E-state index in [0.717, 1.165) is 23.4 Å². The first kappa shape index (κ1) is 11.0. The quantitative estimate of drug-likeness (QED) is 0.765. The summed E-state index contributed by atoms with van der Waals surface area (Å²) in [5, 5.41) is 0. The van der Waals surface area contributed by atoms with E-state index < -0.39 is 0 Å². The summed E-state index contributed by atoms with van der Waals surface area (Å²) in [5.41, 5.74) is 3.28. The van der Waals surface area contributed by atoms with Crippen molar-refractivity contribution in [2.75, 3.05) is 11.9 Å². The molecule has 84 valence electrons. The van der Waals surface area contributed by atoms with Crippen LogP contribution in [-0.2, 0) is 12.4 Å². The van der Waals surface area contributed by atoms with Gasteiger partial charge in [-0.25, -0.2) is 0 Å². The fourth-order valence-corrected chi connectivity index (χ4v) is 1.84. The van der Waals surface area contributed by atoms with Crippen molar-refractivity contribution >= 4 is 17.3 Å². The first-order chi connectivity index (χ1) is 7.81. The number of hydrogen-bond donors (Lipinski definition) is 0. The van der Waals surface area contributed by atoms with Gasteiger partial charge in [0.15, 0.2) is 0 Å². The maximum Gasteiger partial charge on any atom is 0.0952 e. The molecule has 0 N–H and O–H groups in total. The molecule has 0 radical (unpaired) electrons. The fraction of sp³-hybridized carbons (Fsp3) is 0.250. The Bertz CT molecular complexity index is 442. The van der Waals surface area contributed by atoms with Crippen LogP contribution < -0.4 is 4.90 Å². The van der Waals surface area contributed by atoms with Crippen molar-refractivity contribution in [1.82, 2.24) is 4.98 Å². The maximum atomic E-state index is 5.87. The molecule has 0 spiro atoms. The smallest absolute Gasteiger partial charge is 0.0952 e. The molecule has 2 aromatic rings. The SMILES string of the molecule is CN(Cc1ccoc1)c1ccncc1CCl. The van der Waals surface area contributed by atoms with Gasteiger partial charge in [0.05, 0.1) is 18.4 Å². The highest BCUT2D eigenvalue weighted by Gasteiger charge is 2.07. The number of halogens is 1. The number of aromatic nitrogens is 1. The second kappa shape index (κ2) is 5.03. The summed E-state index contributed by atoms with van der Waals surface area (Å²) < 4.78 is 5.04. The topological polar surface area (TPSA) is 29.3 Å². The van der Waals surface area contributed by atoms with Crippen LogP contribution in [0.15, 0.2) is 41.5 Å². The predicted octanol–water partition coefficient (Wildman–Crippen LogP) is 3.05. The predicted molar refractivity (Wildman–Crippen MR) is 64.6 cm³/mol. The van der Waals surface area contributed by atoms with E-state index >= 15 is 0 Å². The molecular formula is C12H13ClN2O. The van der Waals surface area contributed by atoms with Gasteiger partial charge in [0.2, 0.25) is 0 Å². The summed E-state index contributed by atoms with van der Waals surface area (Å²) in [4.78, 5) is 6.20. The number of furan rings is 1. The van der Waals surface area contributed by atoms with Gasteiger partial charge in [0.25, 0.3) is 0 Å². The molecule has 2 heterocycles. The molecular weight excluding hydrogens is 224 g/mol. The minimum atomic E-state index is 0.471. The van der Waals surface area contributed by atoms with Gasteiger partial charge in [-0.15, -0.1) is 11.6 Å². The zero-order chi connectivity index (χ0) is 11.4. The largest absolute Gasteiger partial charge is 0.472 e. The summed E-state index contributed by atoms with van der Waals surface area (Å²) in [6.45, 7) is 0.796. The Morgan fingerprint density at radius 3 is 3.00 bits per heavy atom. The van der Waals surface area contributed by atoms with Crippen LogP contribution in [0.4, 0.5) is 5.69 Å². The van der Waals surface area contributed by atoms with E-state index in [2.05, 4.69) is 9.88 Å². The minimum Gasteiger partial charge on any atom is -0.472 e. The lowest BCUT2D eigenvalue weighted by molar-refractivity contribution is 0.563. The highest BCUT2D eigenvalue weighted by molar-refractivity contribution is 6.17. The van der Waals surface area contributed by atoms with E-state index in [1.807, 2.05) is 19.2 Å². The Hall–Kier alpha value is -1.48. The number of nitrogens with zero attached hydrogens (tertiary/aromatic N) is 2. The summed E-state index contributed by atoms with van der Waals surface area (Å²) in [5.74, 6) is 0.471. The molecule has 0 fully saturated rings. The summed E-state index contributed by atoms with van der Waals surface area (Å²) >= 11 is 5.87. The third-order valence-corrected chi connectivity index (χ3v) is 2.72. The number of alkyl halides is 1. The number of hydrogen-bond acceptors (Lipinski definition) is 3. The third-order valence-electron chi connectivity index (χ3n) is 2.43. The van der Waals surface area contributed by atoms with E-state index in [9.17, 15) is 0 Å². The first-order valence-electron chi connectivity index (χ1n) is 5.02. The van der Waals surface area contributed by atoms with Crippen LogP contribution in [0.3, 0.4) is 0 Å². The zero-order valence-corrected chi connectivity index (χ0v) is 9.81. The van der Waals surface area contributed by atoms with Crippen LogP contribution in [0.5, 0.6) is 0 Å². The lowest BCUT2D eigenvalue weighted by atomic mass is 10.2. The number of pyridine rings is 1. The average molecular weight is 237 g/mol. The van der Waals surface area contributed by atoms with Crippen LogP contribution in [0, 0.1) is 0 Å². The van der Waals surface area contributed by atoms with Crippen LogP contribution in [0.25, 0.3) is 0 Å². The Morgan fingerprint density at radius 1 is 1.44 bits per heavy atom. The molecule has 0 aliphatic heterocycles. The van der Waals surface area contributed by atoms with Gasteiger partial charge in [-0.05, 0) is 12.1 Å². The zero-order valence-electron chi connectivity index (χ0n) is 9.06. The summed E-state index contributed by atoms with van der Waals surface area (Å²) in [7, 11) is 2.03. The van der Waals surface area contributed by atoms with E-state index in [0.29, 0.717) is 5.88 Å². The van der Waals surface area contributed by atoms with E-state index in [1.165, 1.54) is 0 Å². The number of anilines is 1. The molecule has 2 aromatic heterocycles. The van der Waals surface area contributed by atoms with Crippen molar-refractivity contribution < 1.29 is 4.42 Å². The van der Waals surface area contributed by atoms with Gasteiger partial charge < -0.3 is 9.32 Å². The molecule has 0 aromatic carbocycles. The Balaban J connectivity index is 2.17. The van der Waals surface area contributed by atoms with Crippen LogP contribution in [0.1, 0.15) is 11.1 Å². The van der Waals surface area contributed by atoms with Crippen LogP contribution in [-0.4, -0.2) is 12.0 Å². The van der Waals surface area contributed by atoms with Gasteiger partial charge in [-0.3, -0.25) is 4.98 Å². The highest BCUT2D eigenvalue weighted by atomic mass is 35.5. The summed E-state index contributed by atoms with van der Waals surface area (Å²) in [6, 6.07) is 3.93. The van der Waals surface area contributed by atoms with Crippen molar-refractivity contribution in [3.63, 3.8) is 0 Å². The Kier molecular flexibility index (Phi) is 3.47. The lowest BCUT2D eigenvalue weighted by Gasteiger charge is -2.20. The van der Waals surface area contributed by atoms with Crippen molar-refractivity contribution in [2.45, 2.75) is 12.4 Å². The Labute approximate surface area is 99.7 Å². The van der Waals surface area contributed by atoms with Gasteiger partial charge >= 0.3 is 0 Å². The minimum absolute atomic E-state index is 0.471. The van der Waals surface area contributed by atoms with E-state index in [-0.39, 0.29) is 0 Å². The van der Waals surface area contributed by atoms with Gasteiger partial charge in [-0.1, -0.05) is 0 Å². The average Bonchev–Trinajstić information content (AvgIpc) is 2.81. The van der Waals surface area contributed by atoms with Crippen molar-refractivity contribution in [1.29, 1.82) is 0 Å². The van der Waals surface area contributed by atoms with Crippen LogP contribution in [0.2, 0.25) is 0 Å². The molecule has 0 saturated carbocycles. The summed E-state index contributed by atoms with van der Waals surface area (Å²) in [6.07, 6.45) is 7.00. The van der Waals surface area contributed by atoms with Crippen LogP contribution >= 0.6 is 11.6 Å². The van der Waals surface area contributed by atoms with E-state index in [4.69, 9.17) is 16.0 Å². The van der Waals surface area contributed by atoms with Crippen molar-refractivity contribution in [2.24, 2.45) is 0 Å². The molecule has 4 heteroatoms. The first-order valence-corrected chi connectivity index (χ1v) is 5.56. The van der Waals surface area contributed by atoms with Gasteiger partial charge in [0.1, 0.15) is 0 Å². The normalized spacial score (nSPS) is 10.4. The maximum absolute atomic E-state index is 5.87. The fourth-order valence-electron chi connectivity index (χ4n) is 1.64. The molecule has 16 heavy (non-hydrogen) atoms. The highest BCUT2D eigenvalue weighted by Crippen LogP contribution is 2.21. The van der Waals surface area contributed by atoms with Crippen molar-refractivity contribution in [3.05, 3.63) is 48.2 Å². The molecule has 0 aliphatic carbocycles. The molecule has 2 rings (SSSR count). The molecule has 0 aliphatic rings. The standard InChI is InChI=1S/C12H13ClN2O/c1-15(8-10-3-5-16-9-10)12-2-4-14-7-11(12)6-13/h2-5,7,9H,6,8H2,1H3. The second-order valence-electron chi connectivity index (χ2n) is 3.63. The lowest BCUT2D eigenvalue weighted by Crippen LogP contribution is -2.17. The monoisotopic (exact) mass is 236 g/mol. The van der Waals surface area contributed by atoms with Gasteiger partial charge in [0, 0.05) is 42.8 Å². The molecule has 0 unspecified atom stereocenters. The molecule has 0 atom stereocenters. The van der Waals surface area contributed by atoms with Gasteiger partial charge in [-0.2, -0.15) is 0 Å². The molecule has 0 amide bonds. The number of rotatable bonds is 4. The second-order valence-corrected chi connectivity index (χ2v) is 3.89.